The van der Waals surface area contributed by atoms with E-state index in [4.69, 9.17) is 9.31 Å². The molecule has 146 valence electrons. The van der Waals surface area contributed by atoms with Gasteiger partial charge in [0.05, 0.1) is 11.2 Å². The van der Waals surface area contributed by atoms with E-state index < -0.39 is 0 Å². The minimum Gasteiger partial charge on any atom is -0.400 e. The molecule has 0 spiro atoms. The molecule has 2 saturated heterocycles. The van der Waals surface area contributed by atoms with E-state index in [1.54, 1.807) is 0 Å². The van der Waals surface area contributed by atoms with Gasteiger partial charge < -0.3 is 24.0 Å². The number of hydrogen-bond donors (Lipinski definition) is 0. The minimum atomic E-state index is -0.317. The smallest absolute Gasteiger partial charge is 0.400 e. The van der Waals surface area contributed by atoms with Crippen LogP contribution >= 0.6 is 0 Å². The van der Waals surface area contributed by atoms with E-state index in [-0.39, 0.29) is 24.4 Å². The number of likely N-dealkylation sites (N-methyl/N-ethyl adjacent to an activating group) is 1. The van der Waals surface area contributed by atoms with Crippen LogP contribution in [0.5, 0.6) is 0 Å². The molecule has 3 aliphatic rings. The van der Waals surface area contributed by atoms with Crippen molar-refractivity contribution in [3.05, 3.63) is 11.5 Å². The Morgan fingerprint density at radius 1 is 1.04 bits per heavy atom. The van der Waals surface area contributed by atoms with Crippen LogP contribution in [0.15, 0.2) is 11.5 Å². The van der Waals surface area contributed by atoms with Gasteiger partial charge in [-0.15, -0.1) is 0 Å². The maximum Gasteiger partial charge on any atom is 0.490 e. The predicted molar refractivity (Wildman–Crippen MR) is 104 cm³/mol. The lowest BCUT2D eigenvalue weighted by atomic mass is 9.75. The molecule has 0 radical (unpaired) electrons. The molecule has 0 saturated carbocycles. The van der Waals surface area contributed by atoms with Crippen molar-refractivity contribution in [3.63, 3.8) is 0 Å². The highest BCUT2D eigenvalue weighted by molar-refractivity contribution is 6.54. The highest BCUT2D eigenvalue weighted by Gasteiger charge is 2.52. The molecule has 3 rings (SSSR count). The first-order valence-corrected chi connectivity index (χ1v) is 10.0. The number of amides is 2. The third kappa shape index (κ3) is 3.95. The van der Waals surface area contributed by atoms with Gasteiger partial charge in [0, 0.05) is 32.7 Å². The van der Waals surface area contributed by atoms with Crippen molar-refractivity contribution < 1.29 is 14.1 Å². The first-order valence-electron chi connectivity index (χ1n) is 10.0. The Balaban J connectivity index is 1.57. The van der Waals surface area contributed by atoms with Crippen LogP contribution in [0.4, 0.5) is 4.79 Å². The summed E-state index contributed by atoms with van der Waals surface area (Å²) in [7, 11) is -0.284. The number of carbonyl (C=O) groups is 1. The molecule has 3 aliphatic heterocycles. The number of urea groups is 1. The predicted octanol–water partition coefficient (Wildman–Crippen LogP) is 2.40. The highest BCUT2D eigenvalue weighted by atomic mass is 16.7. The van der Waals surface area contributed by atoms with E-state index in [1.807, 2.05) is 9.80 Å². The fourth-order valence-electron chi connectivity index (χ4n) is 3.75. The van der Waals surface area contributed by atoms with Crippen LogP contribution in [-0.2, 0) is 9.31 Å². The SMILES string of the molecule is CCN1CCCN(C(=O)N2CC=C(B3OC(C)(C)C(C)(C)O3)CC2)CC1. The summed E-state index contributed by atoms with van der Waals surface area (Å²) in [6.45, 7) is 16.7. The average molecular weight is 363 g/mol. The zero-order valence-corrected chi connectivity index (χ0v) is 17.1. The van der Waals surface area contributed by atoms with Crippen LogP contribution < -0.4 is 0 Å². The Morgan fingerprint density at radius 2 is 1.73 bits per heavy atom. The molecule has 0 aromatic heterocycles. The fraction of sp³-hybridized carbons (Fsp3) is 0.842. The highest BCUT2D eigenvalue weighted by Crippen LogP contribution is 2.39. The molecule has 26 heavy (non-hydrogen) atoms. The quantitative estimate of drug-likeness (QED) is 0.707. The molecular formula is C19H34BN3O3. The van der Waals surface area contributed by atoms with Gasteiger partial charge in [0.1, 0.15) is 0 Å². The molecule has 7 heteroatoms. The van der Waals surface area contributed by atoms with Crippen molar-refractivity contribution in [3.8, 4) is 0 Å². The van der Waals surface area contributed by atoms with Crippen molar-refractivity contribution in [2.24, 2.45) is 0 Å². The molecule has 6 nitrogen and oxygen atoms in total. The second-order valence-electron chi connectivity index (χ2n) is 8.62. The maximum atomic E-state index is 12.9. The maximum absolute atomic E-state index is 12.9. The van der Waals surface area contributed by atoms with Crippen molar-refractivity contribution in [1.29, 1.82) is 0 Å². The standard InChI is InChI=1S/C19H34BN3O3/c1-6-21-10-7-11-22(15-14-21)17(24)23-12-8-16(9-13-23)20-25-18(2,3)19(4,5)26-20/h8H,6-7,9-15H2,1-5H3. The lowest BCUT2D eigenvalue weighted by molar-refractivity contribution is 0.00578. The van der Waals surface area contributed by atoms with Crippen LogP contribution in [0.25, 0.3) is 0 Å². The Labute approximate surface area is 158 Å². The van der Waals surface area contributed by atoms with E-state index in [2.05, 4.69) is 45.6 Å². The van der Waals surface area contributed by atoms with Crippen LogP contribution in [0.3, 0.4) is 0 Å². The molecule has 0 aromatic rings. The molecule has 0 aliphatic carbocycles. The Bertz CT molecular complexity index is 548. The normalized spacial score (nSPS) is 26.7. The number of hydrogen-bond acceptors (Lipinski definition) is 4. The lowest BCUT2D eigenvalue weighted by Gasteiger charge is -2.32. The summed E-state index contributed by atoms with van der Waals surface area (Å²) >= 11 is 0. The average Bonchev–Trinajstić information content (AvgIpc) is 2.77. The first-order chi connectivity index (χ1) is 12.2. The molecule has 0 aromatic carbocycles. The molecule has 2 fully saturated rings. The molecule has 0 bridgehead atoms. The molecule has 0 N–H and O–H groups in total. The Kier molecular flexibility index (Phi) is 5.70. The largest absolute Gasteiger partial charge is 0.490 e. The first kappa shape index (κ1) is 19.7. The molecule has 2 amide bonds. The topological polar surface area (TPSA) is 45.2 Å². The van der Waals surface area contributed by atoms with E-state index in [0.717, 1.165) is 52.1 Å². The van der Waals surface area contributed by atoms with Gasteiger partial charge in [0.25, 0.3) is 0 Å². The molecule has 0 atom stereocenters. The van der Waals surface area contributed by atoms with Crippen LogP contribution in [0.1, 0.15) is 47.5 Å². The lowest BCUT2D eigenvalue weighted by Crippen LogP contribution is -2.47. The summed E-state index contributed by atoms with van der Waals surface area (Å²) in [6.07, 6.45) is 4.00. The van der Waals surface area contributed by atoms with Gasteiger partial charge in [-0.2, -0.15) is 0 Å². The van der Waals surface area contributed by atoms with Gasteiger partial charge in [-0.3, -0.25) is 0 Å². The van der Waals surface area contributed by atoms with E-state index >= 15 is 0 Å². The third-order valence-electron chi connectivity index (χ3n) is 6.38. The zero-order chi connectivity index (χ0) is 18.9. The van der Waals surface area contributed by atoms with E-state index in [1.165, 1.54) is 5.47 Å². The minimum absolute atomic E-state index is 0.173. The monoisotopic (exact) mass is 363 g/mol. The summed E-state index contributed by atoms with van der Waals surface area (Å²) in [5, 5.41) is 0. The van der Waals surface area contributed by atoms with Gasteiger partial charge in [0.15, 0.2) is 0 Å². The van der Waals surface area contributed by atoms with E-state index in [9.17, 15) is 4.79 Å². The van der Waals surface area contributed by atoms with Crippen molar-refractivity contribution >= 4 is 13.1 Å². The zero-order valence-electron chi connectivity index (χ0n) is 17.1. The van der Waals surface area contributed by atoms with Gasteiger partial charge in [-0.25, -0.2) is 4.79 Å². The second-order valence-corrected chi connectivity index (χ2v) is 8.62. The van der Waals surface area contributed by atoms with Gasteiger partial charge in [-0.1, -0.05) is 13.0 Å². The summed E-state index contributed by atoms with van der Waals surface area (Å²) in [5.74, 6) is 0. The molecular weight excluding hydrogens is 329 g/mol. The van der Waals surface area contributed by atoms with Crippen molar-refractivity contribution in [2.75, 3.05) is 45.8 Å². The molecule has 3 heterocycles. The number of rotatable bonds is 2. The molecule has 0 unspecified atom stereocenters. The summed E-state index contributed by atoms with van der Waals surface area (Å²) in [4.78, 5) is 19.3. The van der Waals surface area contributed by atoms with Gasteiger partial charge in [-0.05, 0) is 59.1 Å². The summed E-state index contributed by atoms with van der Waals surface area (Å²) < 4.78 is 12.3. The van der Waals surface area contributed by atoms with Crippen molar-refractivity contribution in [1.82, 2.24) is 14.7 Å². The Hall–Kier alpha value is -1.05. The summed E-state index contributed by atoms with van der Waals surface area (Å²) in [5.41, 5.74) is 0.534. The number of carbonyl (C=O) groups excluding carboxylic acids is 1. The van der Waals surface area contributed by atoms with Crippen LogP contribution in [0.2, 0.25) is 0 Å². The van der Waals surface area contributed by atoms with Crippen molar-refractivity contribution in [2.45, 2.75) is 58.7 Å². The summed E-state index contributed by atoms with van der Waals surface area (Å²) in [6, 6.07) is 0.173. The van der Waals surface area contributed by atoms with Crippen LogP contribution in [0, 0.1) is 0 Å². The van der Waals surface area contributed by atoms with Gasteiger partial charge >= 0.3 is 13.1 Å². The second kappa shape index (κ2) is 7.53. The van der Waals surface area contributed by atoms with E-state index in [0.29, 0.717) is 6.54 Å². The fourth-order valence-corrected chi connectivity index (χ4v) is 3.75. The van der Waals surface area contributed by atoms with Crippen LogP contribution in [-0.4, -0.2) is 84.9 Å². The Morgan fingerprint density at radius 3 is 2.31 bits per heavy atom. The van der Waals surface area contributed by atoms with Gasteiger partial charge in [0.2, 0.25) is 0 Å². The third-order valence-corrected chi connectivity index (χ3v) is 6.38. The number of nitrogens with zero attached hydrogens (tertiary/aromatic N) is 3.